The average Bonchev–Trinajstić information content (AvgIpc) is 2.45. The molecule has 1 saturated carbocycles. The summed E-state index contributed by atoms with van der Waals surface area (Å²) in [4.78, 5) is 14.3. The summed E-state index contributed by atoms with van der Waals surface area (Å²) in [6.45, 7) is 0.767. The van der Waals surface area contributed by atoms with Crippen molar-refractivity contribution >= 4 is 15.9 Å². The zero-order valence-corrected chi connectivity index (χ0v) is 13.7. The number of amides is 1. The predicted octanol–water partition coefficient (Wildman–Crippen LogP) is 0.420. The zero-order chi connectivity index (χ0) is 15.6. The summed E-state index contributed by atoms with van der Waals surface area (Å²) in [7, 11) is -1.50. The van der Waals surface area contributed by atoms with Crippen molar-refractivity contribution in [2.75, 3.05) is 26.4 Å². The van der Waals surface area contributed by atoms with Gasteiger partial charge in [-0.05, 0) is 25.7 Å². The molecule has 2 aliphatic rings. The molecule has 2 fully saturated rings. The van der Waals surface area contributed by atoms with Crippen LogP contribution in [0.15, 0.2) is 0 Å². The number of nitrogens with zero attached hydrogens (tertiary/aromatic N) is 2. The molecule has 1 saturated heterocycles. The predicted molar refractivity (Wildman–Crippen MR) is 80.2 cm³/mol. The topological polar surface area (TPSA) is 77.9 Å². The number of hydrogen-bond acceptors (Lipinski definition) is 4. The van der Waals surface area contributed by atoms with Gasteiger partial charge in [0.15, 0.2) is 0 Å². The van der Waals surface area contributed by atoms with Gasteiger partial charge >= 0.3 is 0 Å². The number of carbonyl (C=O) groups excluding carboxylic acids is 1. The Morgan fingerprint density at radius 1 is 1.19 bits per heavy atom. The molecule has 1 aliphatic heterocycles. The fourth-order valence-corrected chi connectivity index (χ4v) is 4.35. The lowest BCUT2D eigenvalue weighted by atomic mass is 9.90. The lowest BCUT2D eigenvalue weighted by Crippen LogP contribution is -2.51. The van der Waals surface area contributed by atoms with Crippen LogP contribution in [0.3, 0.4) is 0 Å². The molecule has 1 amide bonds. The molecule has 0 aromatic heterocycles. The third-order valence-electron chi connectivity index (χ3n) is 4.74. The van der Waals surface area contributed by atoms with E-state index in [4.69, 9.17) is 0 Å². The van der Waals surface area contributed by atoms with Crippen molar-refractivity contribution in [1.29, 1.82) is 0 Å². The number of aliphatic hydroxyl groups is 1. The molecule has 6 nitrogen and oxygen atoms in total. The van der Waals surface area contributed by atoms with Gasteiger partial charge in [0, 0.05) is 20.1 Å². The van der Waals surface area contributed by atoms with Crippen molar-refractivity contribution in [2.45, 2.75) is 50.7 Å². The largest absolute Gasteiger partial charge is 0.391 e. The highest BCUT2D eigenvalue weighted by molar-refractivity contribution is 7.88. The maximum Gasteiger partial charge on any atom is 0.227 e. The van der Waals surface area contributed by atoms with E-state index >= 15 is 0 Å². The van der Waals surface area contributed by atoms with E-state index in [0.29, 0.717) is 13.0 Å². The fourth-order valence-electron chi connectivity index (χ4n) is 3.44. The third-order valence-corrected chi connectivity index (χ3v) is 6.01. The molecule has 0 aromatic carbocycles. The van der Waals surface area contributed by atoms with Crippen LogP contribution in [0.25, 0.3) is 0 Å². The molecule has 21 heavy (non-hydrogen) atoms. The van der Waals surface area contributed by atoms with Gasteiger partial charge in [-0.25, -0.2) is 12.7 Å². The summed E-state index contributed by atoms with van der Waals surface area (Å²) in [5, 5.41) is 10.1. The Bertz CT molecular complexity index is 479. The summed E-state index contributed by atoms with van der Waals surface area (Å²) in [5.74, 6) is -0.318. The third kappa shape index (κ3) is 3.96. The molecule has 7 heteroatoms. The number of hydrogen-bond donors (Lipinski definition) is 1. The normalized spacial score (nSPS) is 31.9. The molecule has 0 bridgehead atoms. The molecule has 2 rings (SSSR count). The van der Waals surface area contributed by atoms with Gasteiger partial charge in [-0.15, -0.1) is 0 Å². The monoisotopic (exact) mass is 318 g/mol. The van der Waals surface area contributed by atoms with E-state index in [1.54, 1.807) is 11.9 Å². The van der Waals surface area contributed by atoms with Crippen LogP contribution in [0.5, 0.6) is 0 Å². The Morgan fingerprint density at radius 3 is 2.48 bits per heavy atom. The van der Waals surface area contributed by atoms with Gasteiger partial charge < -0.3 is 10.0 Å². The fraction of sp³-hybridized carbons (Fsp3) is 0.929. The lowest BCUT2D eigenvalue weighted by Gasteiger charge is -2.39. The minimum atomic E-state index is -3.24. The van der Waals surface area contributed by atoms with Crippen LogP contribution in [0.2, 0.25) is 0 Å². The summed E-state index contributed by atoms with van der Waals surface area (Å²) >= 11 is 0. The second kappa shape index (κ2) is 6.62. The number of likely N-dealkylation sites (N-methyl/N-ethyl adjacent to an activating group) is 1. The van der Waals surface area contributed by atoms with Crippen LogP contribution in [0.1, 0.15) is 38.5 Å². The maximum absolute atomic E-state index is 12.6. The van der Waals surface area contributed by atoms with Gasteiger partial charge in [-0.1, -0.05) is 12.8 Å². The van der Waals surface area contributed by atoms with Crippen LogP contribution in [0, 0.1) is 5.92 Å². The Morgan fingerprint density at radius 2 is 1.86 bits per heavy atom. The summed E-state index contributed by atoms with van der Waals surface area (Å²) < 4.78 is 24.7. The Kier molecular flexibility index (Phi) is 5.27. The standard InChI is InChI=1S/C14H26N2O4S/c1-15(12-7-3-4-8-13(12)17)14(18)11-6-5-9-16(10-11)21(2,19)20/h11-13,17H,3-10H2,1-2H3/t11-,12-,13-/m1/s1. The maximum atomic E-state index is 12.6. The second-order valence-electron chi connectivity index (χ2n) is 6.33. The Labute approximate surface area is 127 Å². The molecular formula is C14H26N2O4S. The van der Waals surface area contributed by atoms with E-state index in [0.717, 1.165) is 32.1 Å². The van der Waals surface area contributed by atoms with Crippen molar-refractivity contribution in [3.63, 3.8) is 0 Å². The number of aliphatic hydroxyl groups excluding tert-OH is 1. The zero-order valence-electron chi connectivity index (χ0n) is 12.9. The van der Waals surface area contributed by atoms with E-state index in [9.17, 15) is 18.3 Å². The molecule has 0 unspecified atom stereocenters. The van der Waals surface area contributed by atoms with Gasteiger partial charge in [0.05, 0.1) is 24.3 Å². The van der Waals surface area contributed by atoms with Crippen molar-refractivity contribution in [2.24, 2.45) is 5.92 Å². The van der Waals surface area contributed by atoms with E-state index in [2.05, 4.69) is 0 Å². The quantitative estimate of drug-likeness (QED) is 0.818. The van der Waals surface area contributed by atoms with Crippen molar-refractivity contribution in [3.8, 4) is 0 Å². The Balaban J connectivity index is 2.01. The highest BCUT2D eigenvalue weighted by Crippen LogP contribution is 2.26. The van der Waals surface area contributed by atoms with Crippen molar-refractivity contribution in [1.82, 2.24) is 9.21 Å². The molecule has 0 aromatic rings. The minimum absolute atomic E-state index is 0.0331. The van der Waals surface area contributed by atoms with E-state index in [1.165, 1.54) is 10.6 Å². The molecule has 122 valence electrons. The Hall–Kier alpha value is -0.660. The van der Waals surface area contributed by atoms with Gasteiger partial charge in [-0.3, -0.25) is 4.79 Å². The van der Waals surface area contributed by atoms with Crippen LogP contribution in [-0.4, -0.2) is 67.2 Å². The molecule has 3 atom stereocenters. The molecule has 1 heterocycles. The highest BCUT2D eigenvalue weighted by atomic mass is 32.2. The smallest absolute Gasteiger partial charge is 0.227 e. The van der Waals surface area contributed by atoms with Gasteiger partial charge in [0.25, 0.3) is 0 Å². The minimum Gasteiger partial charge on any atom is -0.391 e. The van der Waals surface area contributed by atoms with Crippen LogP contribution in [0.4, 0.5) is 0 Å². The highest BCUT2D eigenvalue weighted by Gasteiger charge is 2.36. The number of rotatable bonds is 3. The molecule has 1 N–H and O–H groups in total. The van der Waals surface area contributed by atoms with Crippen LogP contribution >= 0.6 is 0 Å². The number of piperidine rings is 1. The van der Waals surface area contributed by atoms with E-state index < -0.39 is 16.1 Å². The van der Waals surface area contributed by atoms with Crippen molar-refractivity contribution in [3.05, 3.63) is 0 Å². The van der Waals surface area contributed by atoms with Gasteiger partial charge in [-0.2, -0.15) is 0 Å². The van der Waals surface area contributed by atoms with Crippen molar-refractivity contribution < 1.29 is 18.3 Å². The first-order valence-corrected chi connectivity index (χ1v) is 9.55. The first-order valence-electron chi connectivity index (χ1n) is 7.70. The molecule has 0 radical (unpaired) electrons. The SMILES string of the molecule is CN(C(=O)[C@@H]1CCCN(S(C)(=O)=O)C1)[C@@H]1CCCC[C@H]1O. The molecule has 0 spiro atoms. The summed E-state index contributed by atoms with van der Waals surface area (Å²) in [5.41, 5.74) is 0. The van der Waals surface area contributed by atoms with E-state index in [-0.39, 0.29) is 24.4 Å². The first kappa shape index (κ1) is 16.7. The van der Waals surface area contributed by atoms with Crippen LogP contribution < -0.4 is 0 Å². The lowest BCUT2D eigenvalue weighted by molar-refractivity contribution is -0.140. The number of carbonyl (C=O) groups is 1. The average molecular weight is 318 g/mol. The van der Waals surface area contributed by atoms with Crippen LogP contribution in [-0.2, 0) is 14.8 Å². The van der Waals surface area contributed by atoms with E-state index in [1.807, 2.05) is 0 Å². The summed E-state index contributed by atoms with van der Waals surface area (Å²) in [6.07, 6.45) is 5.76. The van der Waals surface area contributed by atoms with Gasteiger partial charge in [0.1, 0.15) is 0 Å². The second-order valence-corrected chi connectivity index (χ2v) is 8.31. The van der Waals surface area contributed by atoms with Gasteiger partial charge in [0.2, 0.25) is 15.9 Å². The molecular weight excluding hydrogens is 292 g/mol. The molecule has 1 aliphatic carbocycles. The first-order chi connectivity index (χ1) is 9.80. The summed E-state index contributed by atoms with van der Waals surface area (Å²) in [6, 6.07) is -0.125. The number of sulfonamides is 1.